The van der Waals surface area contributed by atoms with E-state index < -0.39 is 5.91 Å². The number of primary amides is 1. The van der Waals surface area contributed by atoms with Gasteiger partial charge in [0.2, 0.25) is 0 Å². The van der Waals surface area contributed by atoms with Gasteiger partial charge in [-0.25, -0.2) is 4.39 Å². The lowest BCUT2D eigenvalue weighted by Crippen LogP contribution is -2.19. The van der Waals surface area contributed by atoms with Crippen molar-refractivity contribution in [3.63, 3.8) is 0 Å². The number of rotatable bonds is 6. The lowest BCUT2D eigenvalue weighted by atomic mass is 10.2. The highest BCUT2D eigenvalue weighted by atomic mass is 79.9. The van der Waals surface area contributed by atoms with Crippen molar-refractivity contribution < 1.29 is 13.9 Å². The van der Waals surface area contributed by atoms with Crippen molar-refractivity contribution in [2.45, 2.75) is 6.54 Å². The first-order chi connectivity index (χ1) is 10.0. The molecular formula is C15H14BrFN2O2. The lowest BCUT2D eigenvalue weighted by Gasteiger charge is -2.09. The minimum Gasteiger partial charge on any atom is -0.484 e. The van der Waals surface area contributed by atoms with Crippen LogP contribution in [0.3, 0.4) is 0 Å². The molecule has 6 heteroatoms. The first-order valence-electron chi connectivity index (χ1n) is 6.23. The van der Waals surface area contributed by atoms with Gasteiger partial charge in [0.15, 0.2) is 6.61 Å². The van der Waals surface area contributed by atoms with Gasteiger partial charge in [-0.15, -0.1) is 0 Å². The zero-order valence-electron chi connectivity index (χ0n) is 11.1. The third kappa shape index (κ3) is 4.75. The molecule has 110 valence electrons. The molecule has 0 atom stereocenters. The number of anilines is 1. The average Bonchev–Trinajstić information content (AvgIpc) is 2.45. The highest BCUT2D eigenvalue weighted by molar-refractivity contribution is 9.10. The molecule has 0 saturated heterocycles. The second kappa shape index (κ2) is 7.08. The molecule has 21 heavy (non-hydrogen) atoms. The Balaban J connectivity index is 1.92. The highest BCUT2D eigenvalue weighted by Crippen LogP contribution is 2.20. The van der Waals surface area contributed by atoms with E-state index in [1.807, 2.05) is 12.1 Å². The van der Waals surface area contributed by atoms with E-state index in [0.29, 0.717) is 12.3 Å². The molecule has 0 aliphatic heterocycles. The van der Waals surface area contributed by atoms with Crippen molar-refractivity contribution in [1.82, 2.24) is 0 Å². The quantitative estimate of drug-likeness (QED) is 0.839. The van der Waals surface area contributed by atoms with E-state index in [0.717, 1.165) is 15.7 Å². The van der Waals surface area contributed by atoms with E-state index in [1.54, 1.807) is 18.2 Å². The minimum absolute atomic E-state index is 0.144. The maximum absolute atomic E-state index is 13.0. The molecule has 2 aromatic carbocycles. The third-order valence-corrected chi connectivity index (χ3v) is 3.47. The molecule has 1 amide bonds. The maximum atomic E-state index is 13.0. The van der Waals surface area contributed by atoms with Crippen molar-refractivity contribution in [2.24, 2.45) is 5.73 Å². The Bertz CT molecular complexity index is 632. The molecule has 4 nitrogen and oxygen atoms in total. The number of halogens is 2. The second-order valence-corrected chi connectivity index (χ2v) is 5.22. The Labute approximate surface area is 130 Å². The fourth-order valence-corrected chi connectivity index (χ4v) is 2.18. The summed E-state index contributed by atoms with van der Waals surface area (Å²) in [6, 6.07) is 11.7. The number of nitrogens with two attached hydrogens (primary N) is 1. The van der Waals surface area contributed by atoms with Crippen molar-refractivity contribution in [2.75, 3.05) is 11.9 Å². The molecule has 0 radical (unpaired) electrons. The van der Waals surface area contributed by atoms with E-state index in [1.165, 1.54) is 12.1 Å². The van der Waals surface area contributed by atoms with Crippen LogP contribution in [0.4, 0.5) is 10.1 Å². The molecule has 0 aliphatic carbocycles. The van der Waals surface area contributed by atoms with Gasteiger partial charge in [0.05, 0.1) is 0 Å². The predicted molar refractivity (Wildman–Crippen MR) is 82.6 cm³/mol. The maximum Gasteiger partial charge on any atom is 0.255 e. The summed E-state index contributed by atoms with van der Waals surface area (Å²) in [5.41, 5.74) is 6.84. The SMILES string of the molecule is NC(=O)COc1ccc(NCc2ccc(F)cc2Br)cc1. The van der Waals surface area contributed by atoms with Crippen LogP contribution in [0.5, 0.6) is 5.75 Å². The molecule has 0 saturated carbocycles. The summed E-state index contributed by atoms with van der Waals surface area (Å²) >= 11 is 3.32. The number of amides is 1. The van der Waals surface area contributed by atoms with Gasteiger partial charge in [-0.2, -0.15) is 0 Å². The van der Waals surface area contributed by atoms with E-state index in [-0.39, 0.29) is 12.4 Å². The standard InChI is InChI=1S/C15H14BrFN2O2/c16-14-7-11(17)2-1-10(14)8-19-12-3-5-13(6-4-12)21-9-15(18)20/h1-7,19H,8-9H2,(H2,18,20). The van der Waals surface area contributed by atoms with Crippen molar-refractivity contribution in [3.8, 4) is 5.75 Å². The summed E-state index contributed by atoms with van der Waals surface area (Å²) in [6.07, 6.45) is 0. The van der Waals surface area contributed by atoms with Crippen molar-refractivity contribution in [3.05, 3.63) is 58.3 Å². The number of benzene rings is 2. The summed E-state index contributed by atoms with van der Waals surface area (Å²) in [6.45, 7) is 0.414. The number of hydrogen-bond acceptors (Lipinski definition) is 3. The topological polar surface area (TPSA) is 64.4 Å². The normalized spacial score (nSPS) is 10.2. The molecule has 0 aromatic heterocycles. The fraction of sp³-hybridized carbons (Fsp3) is 0.133. The van der Waals surface area contributed by atoms with Gasteiger partial charge in [0.25, 0.3) is 5.91 Å². The summed E-state index contributed by atoms with van der Waals surface area (Å²) in [5.74, 6) is -0.220. The molecule has 0 aliphatic rings. The van der Waals surface area contributed by atoms with E-state index >= 15 is 0 Å². The number of hydrogen-bond donors (Lipinski definition) is 2. The van der Waals surface area contributed by atoms with Gasteiger partial charge in [0, 0.05) is 16.7 Å². The molecule has 3 N–H and O–H groups in total. The van der Waals surface area contributed by atoms with Crippen molar-refractivity contribution >= 4 is 27.5 Å². The van der Waals surface area contributed by atoms with Gasteiger partial charge in [-0.1, -0.05) is 22.0 Å². The largest absolute Gasteiger partial charge is 0.484 e. The first-order valence-corrected chi connectivity index (χ1v) is 7.03. The van der Waals surface area contributed by atoms with Gasteiger partial charge in [0.1, 0.15) is 11.6 Å². The van der Waals surface area contributed by atoms with E-state index in [2.05, 4.69) is 21.2 Å². The van der Waals surface area contributed by atoms with Gasteiger partial charge in [-0.05, 0) is 42.0 Å². The molecule has 0 bridgehead atoms. The monoisotopic (exact) mass is 352 g/mol. The molecule has 2 rings (SSSR count). The van der Waals surface area contributed by atoms with Crippen LogP contribution in [-0.2, 0) is 11.3 Å². The van der Waals surface area contributed by atoms with Crippen LogP contribution >= 0.6 is 15.9 Å². The molecule has 0 unspecified atom stereocenters. The summed E-state index contributed by atoms with van der Waals surface area (Å²) < 4.78 is 18.9. The van der Waals surface area contributed by atoms with Crippen molar-refractivity contribution in [1.29, 1.82) is 0 Å². The summed E-state index contributed by atoms with van der Waals surface area (Å²) in [7, 11) is 0. The summed E-state index contributed by atoms with van der Waals surface area (Å²) in [4.78, 5) is 10.6. The zero-order valence-corrected chi connectivity index (χ0v) is 12.7. The second-order valence-electron chi connectivity index (χ2n) is 4.37. The number of ether oxygens (including phenoxy) is 1. The Hall–Kier alpha value is -2.08. The number of carbonyl (C=O) groups excluding carboxylic acids is 1. The van der Waals surface area contributed by atoms with Crippen LogP contribution < -0.4 is 15.8 Å². The van der Waals surface area contributed by atoms with Gasteiger partial charge >= 0.3 is 0 Å². The molecule has 0 heterocycles. The van der Waals surface area contributed by atoms with Crippen LogP contribution in [0.15, 0.2) is 46.9 Å². The Kier molecular flexibility index (Phi) is 5.16. The predicted octanol–water partition coefficient (Wildman–Crippen LogP) is 3.06. The van der Waals surface area contributed by atoms with Crippen LogP contribution in [0, 0.1) is 5.82 Å². The molecule has 0 spiro atoms. The van der Waals surface area contributed by atoms with Crippen LogP contribution in [0.1, 0.15) is 5.56 Å². The Morgan fingerprint density at radius 1 is 1.24 bits per heavy atom. The summed E-state index contributed by atoms with van der Waals surface area (Å²) in [5, 5.41) is 3.21. The third-order valence-electron chi connectivity index (χ3n) is 2.73. The van der Waals surface area contributed by atoms with Gasteiger partial charge < -0.3 is 15.8 Å². The molecular weight excluding hydrogens is 339 g/mol. The number of carbonyl (C=O) groups is 1. The minimum atomic E-state index is -0.515. The average molecular weight is 353 g/mol. The first kappa shape index (κ1) is 15.3. The molecule has 2 aromatic rings. The smallest absolute Gasteiger partial charge is 0.255 e. The van der Waals surface area contributed by atoms with E-state index in [4.69, 9.17) is 10.5 Å². The highest BCUT2D eigenvalue weighted by Gasteiger charge is 2.02. The number of nitrogens with one attached hydrogen (secondary N) is 1. The fourth-order valence-electron chi connectivity index (χ4n) is 1.69. The van der Waals surface area contributed by atoms with Crippen LogP contribution in [-0.4, -0.2) is 12.5 Å². The van der Waals surface area contributed by atoms with Gasteiger partial charge in [-0.3, -0.25) is 4.79 Å². The zero-order chi connectivity index (χ0) is 15.2. The van der Waals surface area contributed by atoms with Crippen LogP contribution in [0.2, 0.25) is 0 Å². The molecule has 0 fully saturated rings. The van der Waals surface area contributed by atoms with Crippen LogP contribution in [0.25, 0.3) is 0 Å². The lowest BCUT2D eigenvalue weighted by molar-refractivity contribution is -0.119. The Morgan fingerprint density at radius 3 is 2.57 bits per heavy atom. The Morgan fingerprint density at radius 2 is 1.95 bits per heavy atom. The van der Waals surface area contributed by atoms with E-state index in [9.17, 15) is 9.18 Å².